The van der Waals surface area contributed by atoms with Gasteiger partial charge in [0.25, 0.3) is 0 Å². The van der Waals surface area contributed by atoms with Crippen LogP contribution in [0.5, 0.6) is 11.5 Å². The SMILES string of the molecule is O=C(Cc1c[nH]c2c(F)cccc12)Nc1ccc2c(c1)OCO2. The molecule has 3 aromatic rings. The van der Waals surface area contributed by atoms with Crippen LogP contribution in [0.1, 0.15) is 5.56 Å². The number of amides is 1. The fourth-order valence-corrected chi connectivity index (χ4v) is 2.67. The molecule has 0 aliphatic carbocycles. The maximum atomic E-state index is 13.7. The van der Waals surface area contributed by atoms with E-state index in [9.17, 15) is 9.18 Å². The summed E-state index contributed by atoms with van der Waals surface area (Å²) < 4.78 is 24.2. The van der Waals surface area contributed by atoms with Gasteiger partial charge in [0.2, 0.25) is 12.7 Å². The number of hydrogen-bond acceptors (Lipinski definition) is 3. The molecule has 0 atom stereocenters. The topological polar surface area (TPSA) is 63.4 Å². The lowest BCUT2D eigenvalue weighted by Gasteiger charge is -2.06. The monoisotopic (exact) mass is 312 g/mol. The number of halogens is 1. The Kier molecular flexibility index (Phi) is 3.15. The van der Waals surface area contributed by atoms with Crippen molar-refractivity contribution < 1.29 is 18.7 Å². The molecule has 0 spiro atoms. The maximum absolute atomic E-state index is 13.7. The number of para-hydroxylation sites is 1. The molecule has 1 aromatic heterocycles. The molecule has 1 amide bonds. The van der Waals surface area contributed by atoms with Crippen LogP contribution in [-0.2, 0) is 11.2 Å². The smallest absolute Gasteiger partial charge is 0.231 e. The third-order valence-electron chi connectivity index (χ3n) is 3.76. The molecule has 2 heterocycles. The van der Waals surface area contributed by atoms with Crippen molar-refractivity contribution >= 4 is 22.5 Å². The van der Waals surface area contributed by atoms with Gasteiger partial charge in [-0.2, -0.15) is 0 Å². The number of aromatic amines is 1. The molecule has 6 heteroatoms. The van der Waals surface area contributed by atoms with Gasteiger partial charge in [-0.15, -0.1) is 0 Å². The van der Waals surface area contributed by atoms with Gasteiger partial charge in [-0.05, 0) is 23.8 Å². The van der Waals surface area contributed by atoms with Gasteiger partial charge < -0.3 is 19.8 Å². The van der Waals surface area contributed by atoms with Gasteiger partial charge >= 0.3 is 0 Å². The number of ether oxygens (including phenoxy) is 2. The van der Waals surface area contributed by atoms with Gasteiger partial charge in [0.15, 0.2) is 11.5 Å². The quantitative estimate of drug-likeness (QED) is 0.780. The van der Waals surface area contributed by atoms with Crippen LogP contribution in [0.4, 0.5) is 10.1 Å². The number of benzene rings is 2. The Bertz CT molecular complexity index is 904. The summed E-state index contributed by atoms with van der Waals surface area (Å²) in [6.07, 6.45) is 1.81. The summed E-state index contributed by atoms with van der Waals surface area (Å²) in [5, 5.41) is 3.52. The van der Waals surface area contributed by atoms with Crippen LogP contribution in [0.15, 0.2) is 42.6 Å². The molecule has 2 aromatic carbocycles. The lowest BCUT2D eigenvalue weighted by molar-refractivity contribution is -0.115. The Morgan fingerprint density at radius 3 is 3.00 bits per heavy atom. The van der Waals surface area contributed by atoms with Crippen LogP contribution in [0.2, 0.25) is 0 Å². The van der Waals surface area contributed by atoms with Gasteiger partial charge in [-0.3, -0.25) is 4.79 Å². The van der Waals surface area contributed by atoms with E-state index in [0.29, 0.717) is 28.1 Å². The van der Waals surface area contributed by atoms with Gasteiger partial charge in [-0.1, -0.05) is 12.1 Å². The predicted octanol–water partition coefficient (Wildman–Crippen LogP) is 3.22. The van der Waals surface area contributed by atoms with Crippen molar-refractivity contribution in [2.45, 2.75) is 6.42 Å². The largest absolute Gasteiger partial charge is 0.454 e. The Morgan fingerprint density at radius 1 is 1.22 bits per heavy atom. The molecule has 4 rings (SSSR count). The molecule has 1 aliphatic heterocycles. The molecule has 0 radical (unpaired) electrons. The number of carbonyl (C=O) groups is 1. The third-order valence-corrected chi connectivity index (χ3v) is 3.76. The summed E-state index contributed by atoms with van der Waals surface area (Å²) in [6, 6.07) is 10.0. The van der Waals surface area contributed by atoms with Crippen LogP contribution in [0, 0.1) is 5.82 Å². The van der Waals surface area contributed by atoms with Gasteiger partial charge in [0.1, 0.15) is 5.82 Å². The van der Waals surface area contributed by atoms with Crippen molar-refractivity contribution in [2.24, 2.45) is 0 Å². The van der Waals surface area contributed by atoms with Crippen LogP contribution < -0.4 is 14.8 Å². The Hall–Kier alpha value is -3.02. The first-order valence-electron chi connectivity index (χ1n) is 7.15. The van der Waals surface area contributed by atoms with E-state index < -0.39 is 0 Å². The van der Waals surface area contributed by atoms with Crippen molar-refractivity contribution in [3.63, 3.8) is 0 Å². The summed E-state index contributed by atoms with van der Waals surface area (Å²) in [4.78, 5) is 15.1. The van der Waals surface area contributed by atoms with E-state index >= 15 is 0 Å². The molecule has 5 nitrogen and oxygen atoms in total. The molecule has 0 saturated heterocycles. The fraction of sp³-hybridized carbons (Fsp3) is 0.118. The number of fused-ring (bicyclic) bond motifs is 2. The second kappa shape index (κ2) is 5.31. The number of rotatable bonds is 3. The van der Waals surface area contributed by atoms with Crippen LogP contribution in [0.3, 0.4) is 0 Å². The summed E-state index contributed by atoms with van der Waals surface area (Å²) >= 11 is 0. The minimum Gasteiger partial charge on any atom is -0.454 e. The number of aromatic nitrogens is 1. The lowest BCUT2D eigenvalue weighted by Crippen LogP contribution is -2.14. The molecule has 0 bridgehead atoms. The third kappa shape index (κ3) is 2.48. The van der Waals surface area contributed by atoms with Crippen LogP contribution in [0.25, 0.3) is 10.9 Å². The van der Waals surface area contributed by atoms with Crippen molar-refractivity contribution in [2.75, 3.05) is 12.1 Å². The molecule has 0 unspecified atom stereocenters. The van der Waals surface area contributed by atoms with Crippen LogP contribution >= 0.6 is 0 Å². The summed E-state index contributed by atoms with van der Waals surface area (Å²) in [5.41, 5.74) is 1.79. The van der Waals surface area contributed by atoms with E-state index in [1.54, 1.807) is 36.5 Å². The fourth-order valence-electron chi connectivity index (χ4n) is 2.67. The van der Waals surface area contributed by atoms with E-state index in [2.05, 4.69) is 10.3 Å². The highest BCUT2D eigenvalue weighted by Gasteiger charge is 2.15. The first kappa shape index (κ1) is 13.6. The van der Waals surface area contributed by atoms with E-state index in [1.165, 1.54) is 6.07 Å². The second-order valence-electron chi connectivity index (χ2n) is 5.27. The minimum absolute atomic E-state index is 0.151. The average Bonchev–Trinajstić information content (AvgIpc) is 3.15. The second-order valence-corrected chi connectivity index (χ2v) is 5.27. The van der Waals surface area contributed by atoms with Gasteiger partial charge in [0.05, 0.1) is 11.9 Å². The Morgan fingerprint density at radius 2 is 2.09 bits per heavy atom. The summed E-state index contributed by atoms with van der Waals surface area (Å²) in [6.45, 7) is 0.188. The Balaban J connectivity index is 1.52. The number of H-pyrrole nitrogens is 1. The molecule has 2 N–H and O–H groups in total. The van der Waals surface area contributed by atoms with Crippen molar-refractivity contribution in [3.05, 3.63) is 54.0 Å². The zero-order valence-corrected chi connectivity index (χ0v) is 12.1. The first-order valence-corrected chi connectivity index (χ1v) is 7.15. The molecule has 23 heavy (non-hydrogen) atoms. The zero-order chi connectivity index (χ0) is 15.8. The van der Waals surface area contributed by atoms with Gasteiger partial charge in [-0.25, -0.2) is 4.39 Å². The number of carbonyl (C=O) groups excluding carboxylic acids is 1. The Labute approximate surface area is 131 Å². The molecule has 1 aliphatic rings. The zero-order valence-electron chi connectivity index (χ0n) is 12.1. The van der Waals surface area contributed by atoms with E-state index in [1.807, 2.05) is 0 Å². The van der Waals surface area contributed by atoms with Gasteiger partial charge in [0, 0.05) is 23.3 Å². The molecule has 0 fully saturated rings. The van der Waals surface area contributed by atoms with E-state index in [0.717, 1.165) is 5.56 Å². The van der Waals surface area contributed by atoms with Crippen molar-refractivity contribution in [1.82, 2.24) is 4.98 Å². The average molecular weight is 312 g/mol. The lowest BCUT2D eigenvalue weighted by atomic mass is 10.1. The highest BCUT2D eigenvalue weighted by atomic mass is 19.1. The standard InChI is InChI=1S/C17H13FN2O3/c18-13-3-1-2-12-10(8-19-17(12)13)6-16(21)20-11-4-5-14-15(7-11)23-9-22-14/h1-5,7-8,19H,6,9H2,(H,20,21). The highest BCUT2D eigenvalue weighted by molar-refractivity contribution is 5.96. The summed E-state index contributed by atoms with van der Waals surface area (Å²) in [7, 11) is 0. The van der Waals surface area contributed by atoms with Crippen molar-refractivity contribution in [3.8, 4) is 11.5 Å². The highest BCUT2D eigenvalue weighted by Crippen LogP contribution is 2.34. The van der Waals surface area contributed by atoms with E-state index in [4.69, 9.17) is 9.47 Å². The normalized spacial score (nSPS) is 12.6. The molecular weight excluding hydrogens is 299 g/mol. The first-order chi connectivity index (χ1) is 11.2. The van der Waals surface area contributed by atoms with E-state index in [-0.39, 0.29) is 24.9 Å². The number of anilines is 1. The molecular formula is C17H13FN2O3. The molecule has 0 saturated carbocycles. The number of nitrogens with one attached hydrogen (secondary N) is 2. The minimum atomic E-state index is -0.329. The van der Waals surface area contributed by atoms with Crippen molar-refractivity contribution in [1.29, 1.82) is 0 Å². The maximum Gasteiger partial charge on any atom is 0.231 e. The number of hydrogen-bond donors (Lipinski definition) is 2. The summed E-state index contributed by atoms with van der Waals surface area (Å²) in [5.74, 6) is 0.756. The predicted molar refractivity (Wildman–Crippen MR) is 83.2 cm³/mol. The molecule has 116 valence electrons. The van der Waals surface area contributed by atoms with Crippen LogP contribution in [-0.4, -0.2) is 17.7 Å².